The number of aliphatic hydroxyl groups is 1. The van der Waals surface area contributed by atoms with Crippen LogP contribution in [-0.2, 0) is 10.0 Å². The molecule has 5 nitrogen and oxygen atoms in total. The van der Waals surface area contributed by atoms with Crippen molar-refractivity contribution in [1.82, 2.24) is 4.72 Å². The fraction of sp³-hybridized carbons (Fsp3) is 0.571. The number of anilines is 1. The molecule has 0 heterocycles. The summed E-state index contributed by atoms with van der Waals surface area (Å²) in [5, 5.41) is 10.00. The molecule has 0 saturated carbocycles. The van der Waals surface area contributed by atoms with Crippen LogP contribution >= 0.6 is 11.8 Å². The number of hydrogen-bond donors (Lipinski definition) is 3. The van der Waals surface area contributed by atoms with E-state index in [-0.39, 0.29) is 5.75 Å². The van der Waals surface area contributed by atoms with Crippen LogP contribution in [0.2, 0.25) is 0 Å². The van der Waals surface area contributed by atoms with Gasteiger partial charge in [-0.05, 0) is 39.8 Å². The van der Waals surface area contributed by atoms with E-state index in [9.17, 15) is 13.5 Å². The number of thioether (sulfide) groups is 1. The smallest absolute Gasteiger partial charge is 0.213 e. The molecule has 0 saturated heterocycles. The molecule has 1 rings (SSSR count). The highest BCUT2D eigenvalue weighted by Crippen LogP contribution is 2.25. The molecule has 0 atom stereocenters. The molecule has 0 bridgehead atoms. The number of nitrogens with two attached hydrogens (primary N) is 1. The van der Waals surface area contributed by atoms with Gasteiger partial charge < -0.3 is 10.8 Å². The Kier molecular flexibility index (Phi) is 5.71. The van der Waals surface area contributed by atoms with Crippen LogP contribution in [0.25, 0.3) is 0 Å². The maximum atomic E-state index is 12.1. The van der Waals surface area contributed by atoms with Crippen LogP contribution in [0.15, 0.2) is 29.2 Å². The highest BCUT2D eigenvalue weighted by Gasteiger charge is 2.38. The van der Waals surface area contributed by atoms with Gasteiger partial charge in [0.05, 0.1) is 16.9 Å². The monoisotopic (exact) mass is 332 g/mol. The van der Waals surface area contributed by atoms with Crippen molar-refractivity contribution in [3.63, 3.8) is 0 Å². The third kappa shape index (κ3) is 5.50. The maximum Gasteiger partial charge on any atom is 0.213 e. The Morgan fingerprint density at radius 3 is 2.33 bits per heavy atom. The molecule has 0 aromatic heterocycles. The van der Waals surface area contributed by atoms with Crippen LogP contribution in [0, 0.1) is 0 Å². The van der Waals surface area contributed by atoms with Crippen LogP contribution in [-0.4, -0.2) is 36.2 Å². The van der Waals surface area contributed by atoms with Gasteiger partial charge >= 0.3 is 0 Å². The second-order valence-corrected chi connectivity index (χ2v) is 8.97. The zero-order chi connectivity index (χ0) is 16.3. The molecule has 0 radical (unpaired) electrons. The average molecular weight is 332 g/mol. The van der Waals surface area contributed by atoms with E-state index in [0.717, 1.165) is 4.90 Å². The summed E-state index contributed by atoms with van der Waals surface area (Å²) in [6, 6.07) is 7.35. The van der Waals surface area contributed by atoms with Crippen molar-refractivity contribution >= 4 is 27.5 Å². The van der Waals surface area contributed by atoms with Crippen molar-refractivity contribution in [3.05, 3.63) is 24.3 Å². The van der Waals surface area contributed by atoms with Gasteiger partial charge in [0, 0.05) is 16.3 Å². The number of para-hydroxylation sites is 1. The molecule has 1 aromatic rings. The van der Waals surface area contributed by atoms with Crippen LogP contribution in [0.1, 0.15) is 27.7 Å². The lowest BCUT2D eigenvalue weighted by molar-refractivity contribution is 0.00641. The Bertz CT molecular complexity index is 578. The van der Waals surface area contributed by atoms with Gasteiger partial charge in [-0.25, -0.2) is 13.1 Å². The predicted molar refractivity (Wildman–Crippen MR) is 88.9 cm³/mol. The molecular formula is C14H24N2O3S2. The van der Waals surface area contributed by atoms with Gasteiger partial charge in [-0.3, -0.25) is 0 Å². The molecule has 1 aromatic carbocycles. The molecule has 0 aliphatic rings. The molecule has 0 aliphatic carbocycles. The molecule has 0 aliphatic heterocycles. The van der Waals surface area contributed by atoms with Gasteiger partial charge in [0.25, 0.3) is 0 Å². The lowest BCUT2D eigenvalue weighted by Gasteiger charge is -2.37. The Hall–Kier alpha value is -0.760. The van der Waals surface area contributed by atoms with Crippen molar-refractivity contribution in [2.24, 2.45) is 0 Å². The minimum atomic E-state index is -3.48. The second-order valence-electron chi connectivity index (χ2n) is 5.99. The van der Waals surface area contributed by atoms with Gasteiger partial charge in [0.15, 0.2) is 0 Å². The second kappa shape index (κ2) is 6.56. The van der Waals surface area contributed by atoms with Gasteiger partial charge in [-0.15, -0.1) is 11.8 Å². The van der Waals surface area contributed by atoms with Crippen LogP contribution in [0.5, 0.6) is 0 Å². The summed E-state index contributed by atoms with van der Waals surface area (Å²) in [6.45, 7) is 6.48. The van der Waals surface area contributed by atoms with E-state index < -0.39 is 21.2 Å². The van der Waals surface area contributed by atoms with Crippen molar-refractivity contribution in [1.29, 1.82) is 0 Å². The summed E-state index contributed by atoms with van der Waals surface area (Å²) in [5.41, 5.74) is 4.36. The summed E-state index contributed by atoms with van der Waals surface area (Å²) < 4.78 is 26.8. The molecule has 0 unspecified atom stereocenters. The van der Waals surface area contributed by atoms with Gasteiger partial charge in [0.1, 0.15) is 0 Å². The molecule has 21 heavy (non-hydrogen) atoms. The van der Waals surface area contributed by atoms with Crippen LogP contribution in [0.4, 0.5) is 5.69 Å². The molecule has 120 valence electrons. The quantitative estimate of drug-likeness (QED) is 0.523. The van der Waals surface area contributed by atoms with Gasteiger partial charge in [-0.2, -0.15) is 0 Å². The number of hydrogen-bond acceptors (Lipinski definition) is 5. The van der Waals surface area contributed by atoms with Crippen molar-refractivity contribution in [3.8, 4) is 0 Å². The topological polar surface area (TPSA) is 92.4 Å². The van der Waals surface area contributed by atoms with Gasteiger partial charge in [0.2, 0.25) is 10.0 Å². The first-order chi connectivity index (χ1) is 9.45. The van der Waals surface area contributed by atoms with E-state index in [1.54, 1.807) is 33.8 Å². The van der Waals surface area contributed by atoms with E-state index in [0.29, 0.717) is 11.4 Å². The lowest BCUT2D eigenvalue weighted by Crippen LogP contribution is -2.58. The van der Waals surface area contributed by atoms with E-state index in [1.165, 1.54) is 11.8 Å². The number of sulfonamides is 1. The molecular weight excluding hydrogens is 308 g/mol. The summed E-state index contributed by atoms with van der Waals surface area (Å²) in [7, 11) is -3.48. The van der Waals surface area contributed by atoms with Crippen LogP contribution < -0.4 is 10.5 Å². The van der Waals surface area contributed by atoms with Crippen LogP contribution in [0.3, 0.4) is 0 Å². The molecule has 0 amide bonds. The highest BCUT2D eigenvalue weighted by atomic mass is 32.2. The van der Waals surface area contributed by atoms with E-state index in [2.05, 4.69) is 4.72 Å². The number of benzene rings is 1. The number of nitrogens with one attached hydrogen (secondary N) is 1. The Morgan fingerprint density at radius 2 is 1.81 bits per heavy atom. The van der Waals surface area contributed by atoms with Crippen molar-refractivity contribution < 1.29 is 13.5 Å². The van der Waals surface area contributed by atoms with E-state index >= 15 is 0 Å². The first kappa shape index (κ1) is 18.3. The fourth-order valence-electron chi connectivity index (χ4n) is 1.44. The fourth-order valence-corrected chi connectivity index (χ4v) is 4.41. The van der Waals surface area contributed by atoms with Crippen molar-refractivity contribution in [2.75, 3.05) is 17.2 Å². The molecule has 0 fully saturated rings. The lowest BCUT2D eigenvalue weighted by atomic mass is 9.87. The standard InChI is InChI=1S/C14H24N2O3S2/c1-13(2,14(3,4)17)16-21(18,19)10-9-20-12-8-6-5-7-11(12)15/h5-8,16-17H,9-10,15H2,1-4H3. The zero-order valence-electron chi connectivity index (χ0n) is 12.9. The minimum Gasteiger partial charge on any atom is -0.398 e. The molecule has 4 N–H and O–H groups in total. The maximum absolute atomic E-state index is 12.1. The number of rotatable bonds is 7. The SMILES string of the molecule is CC(C)(O)C(C)(C)NS(=O)(=O)CCSc1ccccc1N. The Labute approximate surface area is 131 Å². The first-order valence-electron chi connectivity index (χ1n) is 6.66. The summed E-state index contributed by atoms with van der Waals surface area (Å²) >= 11 is 1.40. The first-order valence-corrected chi connectivity index (χ1v) is 9.30. The predicted octanol–water partition coefficient (Wildman–Crippen LogP) is 1.83. The normalized spacial score (nSPS) is 13.4. The van der Waals surface area contributed by atoms with Gasteiger partial charge in [-0.1, -0.05) is 12.1 Å². The molecule has 7 heteroatoms. The Morgan fingerprint density at radius 1 is 1.24 bits per heavy atom. The third-order valence-electron chi connectivity index (χ3n) is 3.47. The third-order valence-corrected chi connectivity index (χ3v) is 6.38. The van der Waals surface area contributed by atoms with Crippen molar-refractivity contribution in [2.45, 2.75) is 43.7 Å². The van der Waals surface area contributed by atoms with E-state index in [1.807, 2.05) is 18.2 Å². The summed E-state index contributed by atoms with van der Waals surface area (Å²) in [4.78, 5) is 0.870. The average Bonchev–Trinajstić information content (AvgIpc) is 2.28. The number of nitrogen functional groups attached to an aromatic ring is 1. The summed E-state index contributed by atoms with van der Waals surface area (Å²) in [5.74, 6) is 0.358. The molecule has 0 spiro atoms. The zero-order valence-corrected chi connectivity index (χ0v) is 14.5. The van der Waals surface area contributed by atoms with E-state index in [4.69, 9.17) is 5.73 Å². The Balaban J connectivity index is 2.61. The minimum absolute atomic E-state index is 0.0362. The largest absolute Gasteiger partial charge is 0.398 e. The summed E-state index contributed by atoms with van der Waals surface area (Å²) in [6.07, 6.45) is 0. The highest BCUT2D eigenvalue weighted by molar-refractivity contribution is 8.00.